The Balaban J connectivity index is 1.35. The minimum absolute atomic E-state index is 0.110. The molecule has 0 aliphatic carbocycles. The van der Waals surface area contributed by atoms with E-state index < -0.39 is 0 Å². The van der Waals surface area contributed by atoms with Gasteiger partial charge >= 0.3 is 0 Å². The molecule has 29 heavy (non-hydrogen) atoms. The molecule has 1 aliphatic heterocycles. The van der Waals surface area contributed by atoms with Gasteiger partial charge in [-0.25, -0.2) is 4.98 Å². The van der Waals surface area contributed by atoms with Crippen molar-refractivity contribution in [3.05, 3.63) is 53.9 Å². The van der Waals surface area contributed by atoms with Crippen LogP contribution in [-0.2, 0) is 13.6 Å². The Morgan fingerprint density at radius 2 is 2.00 bits per heavy atom. The van der Waals surface area contributed by atoms with E-state index in [9.17, 15) is 4.79 Å². The van der Waals surface area contributed by atoms with Gasteiger partial charge in [0, 0.05) is 62.7 Å². The highest BCUT2D eigenvalue weighted by molar-refractivity contribution is 5.95. The van der Waals surface area contributed by atoms with Crippen molar-refractivity contribution < 1.29 is 4.79 Å². The number of carbonyl (C=O) groups is 1. The summed E-state index contributed by atoms with van der Waals surface area (Å²) in [5.74, 6) is 1.71. The first-order valence-electron chi connectivity index (χ1n) is 10.2. The third kappa shape index (κ3) is 4.09. The van der Waals surface area contributed by atoms with Crippen LogP contribution in [-0.4, -0.2) is 48.2 Å². The van der Waals surface area contributed by atoms with Crippen molar-refractivity contribution in [1.29, 1.82) is 0 Å². The van der Waals surface area contributed by atoms with Crippen LogP contribution in [0, 0.1) is 19.8 Å². The molecule has 1 fully saturated rings. The van der Waals surface area contributed by atoms with Crippen LogP contribution in [0.5, 0.6) is 0 Å². The van der Waals surface area contributed by atoms with Gasteiger partial charge in [-0.15, -0.1) is 0 Å². The van der Waals surface area contributed by atoms with E-state index in [1.165, 1.54) is 5.69 Å². The van der Waals surface area contributed by atoms with Gasteiger partial charge in [0.05, 0.1) is 11.3 Å². The van der Waals surface area contributed by atoms with Gasteiger partial charge in [-0.05, 0) is 51.2 Å². The van der Waals surface area contributed by atoms with E-state index in [-0.39, 0.29) is 5.91 Å². The highest BCUT2D eigenvalue weighted by Crippen LogP contribution is 2.25. The molecule has 7 heteroatoms. The highest BCUT2D eigenvalue weighted by atomic mass is 16.2. The molecule has 0 N–H and O–H groups in total. The fourth-order valence-corrected chi connectivity index (χ4v) is 4.18. The number of aryl methyl sites for hydroxylation is 3. The minimum Gasteiger partial charge on any atom is -0.339 e. The molecule has 0 spiro atoms. The monoisotopic (exact) mass is 392 g/mol. The van der Waals surface area contributed by atoms with Gasteiger partial charge in [0.1, 0.15) is 5.82 Å². The number of amides is 1. The Bertz CT molecular complexity index is 982. The molecular weight excluding hydrogens is 364 g/mol. The highest BCUT2D eigenvalue weighted by Gasteiger charge is 2.25. The maximum Gasteiger partial charge on any atom is 0.257 e. The molecule has 152 valence electrons. The van der Waals surface area contributed by atoms with Crippen molar-refractivity contribution in [2.45, 2.75) is 39.7 Å². The number of imidazole rings is 1. The molecule has 1 aliphatic rings. The van der Waals surface area contributed by atoms with Crippen molar-refractivity contribution in [2.24, 2.45) is 13.0 Å². The Morgan fingerprint density at radius 3 is 2.66 bits per heavy atom. The van der Waals surface area contributed by atoms with E-state index >= 15 is 0 Å². The number of aromatic nitrogens is 5. The van der Waals surface area contributed by atoms with Gasteiger partial charge < -0.3 is 9.47 Å². The lowest BCUT2D eigenvalue weighted by Crippen LogP contribution is -2.38. The Morgan fingerprint density at radius 1 is 1.21 bits per heavy atom. The zero-order valence-electron chi connectivity index (χ0n) is 17.4. The van der Waals surface area contributed by atoms with Gasteiger partial charge in [0.2, 0.25) is 0 Å². The second-order valence-electron chi connectivity index (χ2n) is 7.94. The van der Waals surface area contributed by atoms with Gasteiger partial charge in [-0.3, -0.25) is 14.5 Å². The summed E-state index contributed by atoms with van der Waals surface area (Å²) >= 11 is 0. The summed E-state index contributed by atoms with van der Waals surface area (Å²) in [6.45, 7) is 6.57. The molecule has 1 saturated heterocycles. The third-order valence-corrected chi connectivity index (χ3v) is 5.88. The molecule has 0 atom stereocenters. The first-order valence-corrected chi connectivity index (χ1v) is 10.2. The van der Waals surface area contributed by atoms with Crippen molar-refractivity contribution in [3.8, 4) is 11.4 Å². The smallest absolute Gasteiger partial charge is 0.257 e. The van der Waals surface area contributed by atoms with Crippen LogP contribution in [0.1, 0.15) is 41.0 Å². The first-order chi connectivity index (χ1) is 14.0. The van der Waals surface area contributed by atoms with Gasteiger partial charge in [-0.2, -0.15) is 5.10 Å². The van der Waals surface area contributed by atoms with E-state index in [2.05, 4.69) is 32.6 Å². The zero-order valence-corrected chi connectivity index (χ0v) is 17.4. The van der Waals surface area contributed by atoms with E-state index in [1.54, 1.807) is 10.9 Å². The molecular formula is C22H28N6O. The SMILES string of the molecule is Cc1nn(C)cc1C(=O)N1CCC(CCn2c(C)cnc2-c2cccnc2)CC1. The predicted molar refractivity (Wildman–Crippen MR) is 111 cm³/mol. The van der Waals surface area contributed by atoms with Crippen LogP contribution in [0.25, 0.3) is 11.4 Å². The summed E-state index contributed by atoms with van der Waals surface area (Å²) in [4.78, 5) is 23.6. The Kier molecular flexibility index (Phi) is 5.47. The van der Waals surface area contributed by atoms with Gasteiger partial charge in [0.25, 0.3) is 5.91 Å². The number of nitrogens with zero attached hydrogens (tertiary/aromatic N) is 6. The first kappa shape index (κ1) is 19.4. The van der Waals surface area contributed by atoms with Crippen molar-refractivity contribution in [3.63, 3.8) is 0 Å². The van der Waals surface area contributed by atoms with Crippen molar-refractivity contribution in [1.82, 2.24) is 29.2 Å². The molecule has 0 radical (unpaired) electrons. The molecule has 7 nitrogen and oxygen atoms in total. The van der Waals surface area contributed by atoms with Crippen LogP contribution in [0.3, 0.4) is 0 Å². The summed E-state index contributed by atoms with van der Waals surface area (Å²) in [7, 11) is 1.86. The molecule has 3 aromatic heterocycles. The largest absolute Gasteiger partial charge is 0.339 e. The fraction of sp³-hybridized carbons (Fsp3) is 0.455. The van der Waals surface area contributed by atoms with Crippen molar-refractivity contribution in [2.75, 3.05) is 13.1 Å². The van der Waals surface area contributed by atoms with Gasteiger partial charge in [-0.1, -0.05) is 0 Å². The number of hydrogen-bond donors (Lipinski definition) is 0. The quantitative estimate of drug-likeness (QED) is 0.668. The molecule has 3 aromatic rings. The van der Waals surface area contributed by atoms with Crippen LogP contribution in [0.15, 0.2) is 36.9 Å². The maximum absolute atomic E-state index is 12.8. The average Bonchev–Trinajstić information content (AvgIpc) is 3.28. The molecule has 0 saturated carbocycles. The number of pyridine rings is 1. The second kappa shape index (κ2) is 8.19. The van der Waals surface area contributed by atoms with E-state index in [0.29, 0.717) is 5.92 Å². The summed E-state index contributed by atoms with van der Waals surface area (Å²) in [5.41, 5.74) is 3.75. The molecule has 0 bridgehead atoms. The Labute approximate surface area is 171 Å². The number of likely N-dealkylation sites (tertiary alicyclic amines) is 1. The van der Waals surface area contributed by atoms with Crippen LogP contribution >= 0.6 is 0 Å². The van der Waals surface area contributed by atoms with E-state index in [4.69, 9.17) is 0 Å². The molecule has 4 rings (SSSR count). The lowest BCUT2D eigenvalue weighted by atomic mass is 9.93. The van der Waals surface area contributed by atoms with Crippen LogP contribution < -0.4 is 0 Å². The van der Waals surface area contributed by atoms with E-state index in [1.807, 2.05) is 43.5 Å². The topological polar surface area (TPSA) is 68.8 Å². The summed E-state index contributed by atoms with van der Waals surface area (Å²) in [6, 6.07) is 4.00. The van der Waals surface area contributed by atoms with Gasteiger partial charge in [0.15, 0.2) is 0 Å². The van der Waals surface area contributed by atoms with E-state index in [0.717, 1.165) is 61.5 Å². The van der Waals surface area contributed by atoms with Crippen LogP contribution in [0.2, 0.25) is 0 Å². The minimum atomic E-state index is 0.110. The second-order valence-corrected chi connectivity index (χ2v) is 7.94. The number of carbonyl (C=O) groups excluding carboxylic acids is 1. The Hall–Kier alpha value is -2.96. The number of rotatable bonds is 5. The third-order valence-electron chi connectivity index (χ3n) is 5.88. The fourth-order valence-electron chi connectivity index (χ4n) is 4.18. The lowest BCUT2D eigenvalue weighted by molar-refractivity contribution is 0.0684. The summed E-state index contributed by atoms with van der Waals surface area (Å²) < 4.78 is 4.00. The normalized spacial score (nSPS) is 15.1. The lowest BCUT2D eigenvalue weighted by Gasteiger charge is -2.32. The maximum atomic E-state index is 12.8. The molecule has 1 amide bonds. The predicted octanol–water partition coefficient (Wildman–Crippen LogP) is 3.24. The van der Waals surface area contributed by atoms with Crippen LogP contribution in [0.4, 0.5) is 0 Å². The van der Waals surface area contributed by atoms with Crippen molar-refractivity contribution >= 4 is 5.91 Å². The molecule has 4 heterocycles. The number of piperidine rings is 1. The average molecular weight is 393 g/mol. The molecule has 0 aromatic carbocycles. The summed E-state index contributed by atoms with van der Waals surface area (Å²) in [6.07, 6.45) is 10.6. The summed E-state index contributed by atoms with van der Waals surface area (Å²) in [5, 5.41) is 4.30. The standard InChI is InChI=1S/C22H28N6O/c1-16-13-24-21(19-5-4-9-23-14-19)28(16)12-8-18-6-10-27(11-7-18)22(29)20-15-26(3)25-17(20)2/h4-5,9,13-15,18H,6-8,10-12H2,1-3H3. The molecule has 0 unspecified atom stereocenters. The zero-order chi connectivity index (χ0) is 20.4. The number of hydrogen-bond acceptors (Lipinski definition) is 4.